The van der Waals surface area contributed by atoms with Crippen LogP contribution in [0.3, 0.4) is 0 Å². The van der Waals surface area contributed by atoms with E-state index in [1.54, 1.807) is 5.56 Å². The van der Waals surface area contributed by atoms with Crippen molar-refractivity contribution in [1.29, 1.82) is 0 Å². The number of benzene rings is 8. The summed E-state index contributed by atoms with van der Waals surface area (Å²) in [5, 5.41) is 0. The van der Waals surface area contributed by atoms with Gasteiger partial charge in [-0.3, -0.25) is 0 Å². The van der Waals surface area contributed by atoms with E-state index in [4.69, 9.17) is 0 Å². The van der Waals surface area contributed by atoms with Crippen molar-refractivity contribution in [2.24, 2.45) is 17.8 Å². The van der Waals surface area contributed by atoms with Crippen molar-refractivity contribution in [1.82, 2.24) is 0 Å². The van der Waals surface area contributed by atoms with E-state index in [1.807, 2.05) is 0 Å². The second-order valence-corrected chi connectivity index (χ2v) is 18.8. The molecule has 0 N–H and O–H groups in total. The van der Waals surface area contributed by atoms with Gasteiger partial charge in [0.25, 0.3) is 0 Å². The topological polar surface area (TPSA) is 3.24 Å². The van der Waals surface area contributed by atoms with Crippen molar-refractivity contribution >= 4 is 17.1 Å². The Hall–Kier alpha value is -6.44. The molecule has 296 valence electrons. The Kier molecular flexibility index (Phi) is 8.56. The second kappa shape index (κ2) is 14.3. The maximum atomic E-state index is 2.55. The molecule has 4 fully saturated rings. The van der Waals surface area contributed by atoms with Crippen LogP contribution >= 0.6 is 0 Å². The van der Waals surface area contributed by atoms with Gasteiger partial charge in [-0.1, -0.05) is 175 Å². The highest BCUT2D eigenvalue weighted by Crippen LogP contribution is 2.61. The fourth-order valence-corrected chi connectivity index (χ4v) is 13.1. The van der Waals surface area contributed by atoms with Crippen LogP contribution in [0.25, 0.3) is 33.4 Å². The van der Waals surface area contributed by atoms with Gasteiger partial charge in [0.1, 0.15) is 0 Å². The van der Waals surface area contributed by atoms with Gasteiger partial charge in [0.05, 0.1) is 11.1 Å². The molecule has 5 aliphatic carbocycles. The summed E-state index contributed by atoms with van der Waals surface area (Å²) >= 11 is 0. The maximum Gasteiger partial charge on any atom is 0.0714 e. The summed E-state index contributed by atoms with van der Waals surface area (Å²) in [7, 11) is 0. The molecular formula is C60H51N. The molecule has 61 heavy (non-hydrogen) atoms. The van der Waals surface area contributed by atoms with Gasteiger partial charge in [-0.2, -0.15) is 0 Å². The van der Waals surface area contributed by atoms with Crippen molar-refractivity contribution in [3.05, 3.63) is 234 Å². The lowest BCUT2D eigenvalue weighted by atomic mass is 9.48. The minimum atomic E-state index is -0.497. The largest absolute Gasteiger partial charge is 0.310 e. The standard InChI is InChI=1S/C60H51N/c1-41-25-31-53-54-32-30-50(37-57(54)60(56(53)33-41,47-17-7-3-8-18-47)48-19-9-4-10-20-48)61(49-28-26-46(27-29-49)59-38-42-34-43(39-59)36-44(35-42)40-59)58-24-14-13-23-55(58)52-22-12-11-21-51(52)45-15-5-2-6-16-45/h2-33,37,42-44H,34-36,38-40H2,1H3. The molecule has 8 aromatic rings. The molecule has 1 nitrogen and oxygen atoms in total. The summed E-state index contributed by atoms with van der Waals surface area (Å²) < 4.78 is 0. The molecule has 0 atom stereocenters. The van der Waals surface area contributed by atoms with Gasteiger partial charge in [-0.05, 0) is 155 Å². The molecule has 5 aliphatic rings. The zero-order valence-electron chi connectivity index (χ0n) is 35.0. The van der Waals surface area contributed by atoms with Crippen LogP contribution in [0, 0.1) is 24.7 Å². The summed E-state index contributed by atoms with van der Waals surface area (Å²) in [6.07, 6.45) is 8.48. The number of hydrogen-bond donors (Lipinski definition) is 0. The van der Waals surface area contributed by atoms with E-state index in [9.17, 15) is 0 Å². The molecule has 0 radical (unpaired) electrons. The Morgan fingerprint density at radius 1 is 0.393 bits per heavy atom. The Morgan fingerprint density at radius 2 is 0.885 bits per heavy atom. The van der Waals surface area contributed by atoms with Crippen LogP contribution in [0.5, 0.6) is 0 Å². The molecule has 0 saturated heterocycles. The Morgan fingerprint density at radius 3 is 1.51 bits per heavy atom. The summed E-state index contributed by atoms with van der Waals surface area (Å²) in [6, 6.07) is 75.6. The van der Waals surface area contributed by atoms with E-state index in [2.05, 4.69) is 212 Å². The highest BCUT2D eigenvalue weighted by atomic mass is 15.1. The SMILES string of the molecule is Cc1ccc2c(c1)C(c1ccccc1)(c1ccccc1)c1cc(N(c3ccc(C45CC6CC(CC(C6)C4)C5)cc3)c3ccccc3-c3ccccc3-c3ccccc3)ccc1-2. The van der Waals surface area contributed by atoms with Gasteiger partial charge in [0.2, 0.25) is 0 Å². The molecule has 0 heterocycles. The fourth-order valence-electron chi connectivity index (χ4n) is 13.1. The zero-order chi connectivity index (χ0) is 40.5. The first-order chi connectivity index (χ1) is 30.1. The molecule has 0 spiro atoms. The van der Waals surface area contributed by atoms with Crippen molar-refractivity contribution in [3.8, 4) is 33.4 Å². The van der Waals surface area contributed by atoms with Crippen molar-refractivity contribution in [2.45, 2.75) is 56.3 Å². The molecule has 0 amide bonds. The lowest BCUT2D eigenvalue weighted by Crippen LogP contribution is -2.48. The molecule has 13 rings (SSSR count). The van der Waals surface area contributed by atoms with E-state index < -0.39 is 5.41 Å². The number of rotatable bonds is 8. The maximum absolute atomic E-state index is 2.55. The number of nitrogens with zero attached hydrogens (tertiary/aromatic N) is 1. The van der Waals surface area contributed by atoms with Crippen molar-refractivity contribution < 1.29 is 0 Å². The highest BCUT2D eigenvalue weighted by molar-refractivity contribution is 5.95. The van der Waals surface area contributed by atoms with E-state index in [0.29, 0.717) is 5.41 Å². The summed E-state index contributed by atoms with van der Waals surface area (Å²) in [5.41, 5.74) is 18.9. The number of fused-ring (bicyclic) bond motifs is 3. The molecule has 4 saturated carbocycles. The number of para-hydroxylation sites is 1. The Balaban J connectivity index is 1.09. The smallest absolute Gasteiger partial charge is 0.0714 e. The average molecular weight is 786 g/mol. The normalized spacial score (nSPS) is 21.5. The third-order valence-electron chi connectivity index (χ3n) is 15.2. The van der Waals surface area contributed by atoms with Crippen LogP contribution in [0.4, 0.5) is 17.1 Å². The second-order valence-electron chi connectivity index (χ2n) is 18.8. The lowest BCUT2D eigenvalue weighted by molar-refractivity contribution is -0.00518. The van der Waals surface area contributed by atoms with Crippen LogP contribution < -0.4 is 4.90 Å². The molecule has 0 aliphatic heterocycles. The lowest BCUT2D eigenvalue weighted by Gasteiger charge is -2.57. The van der Waals surface area contributed by atoms with E-state index in [1.165, 1.54) is 111 Å². The summed E-state index contributed by atoms with van der Waals surface area (Å²) in [4.78, 5) is 2.55. The third kappa shape index (κ3) is 5.81. The third-order valence-corrected chi connectivity index (χ3v) is 15.2. The van der Waals surface area contributed by atoms with Crippen LogP contribution in [-0.2, 0) is 10.8 Å². The minimum Gasteiger partial charge on any atom is -0.310 e. The van der Waals surface area contributed by atoms with Gasteiger partial charge in [0, 0.05) is 16.9 Å². The van der Waals surface area contributed by atoms with E-state index >= 15 is 0 Å². The molecule has 4 bridgehead atoms. The fraction of sp³-hybridized carbons (Fsp3) is 0.200. The number of anilines is 3. The minimum absolute atomic E-state index is 0.340. The number of hydrogen-bond acceptors (Lipinski definition) is 1. The monoisotopic (exact) mass is 785 g/mol. The van der Waals surface area contributed by atoms with E-state index in [-0.39, 0.29) is 0 Å². The zero-order valence-corrected chi connectivity index (χ0v) is 35.0. The van der Waals surface area contributed by atoms with Crippen molar-refractivity contribution in [2.75, 3.05) is 4.90 Å². The van der Waals surface area contributed by atoms with Gasteiger partial charge in [0.15, 0.2) is 0 Å². The Bertz CT molecular complexity index is 2820. The van der Waals surface area contributed by atoms with Crippen molar-refractivity contribution in [3.63, 3.8) is 0 Å². The predicted octanol–water partition coefficient (Wildman–Crippen LogP) is 15.6. The van der Waals surface area contributed by atoms with Gasteiger partial charge in [-0.15, -0.1) is 0 Å². The van der Waals surface area contributed by atoms with Gasteiger partial charge >= 0.3 is 0 Å². The molecule has 0 aromatic heterocycles. The Labute approximate surface area is 361 Å². The highest BCUT2D eigenvalue weighted by Gasteiger charge is 2.52. The first-order valence-electron chi connectivity index (χ1n) is 22.6. The van der Waals surface area contributed by atoms with Crippen LogP contribution in [0.1, 0.15) is 71.9 Å². The average Bonchev–Trinajstić information content (AvgIpc) is 3.59. The van der Waals surface area contributed by atoms with Crippen LogP contribution in [-0.4, -0.2) is 0 Å². The van der Waals surface area contributed by atoms with Gasteiger partial charge in [-0.25, -0.2) is 0 Å². The number of aryl methyl sites for hydroxylation is 1. The van der Waals surface area contributed by atoms with E-state index in [0.717, 1.165) is 23.4 Å². The predicted molar refractivity (Wildman–Crippen MR) is 254 cm³/mol. The van der Waals surface area contributed by atoms with Crippen LogP contribution in [0.2, 0.25) is 0 Å². The molecule has 1 heteroatoms. The van der Waals surface area contributed by atoms with Crippen LogP contribution in [0.15, 0.2) is 200 Å². The summed E-state index contributed by atoms with van der Waals surface area (Å²) in [5.74, 6) is 2.73. The first kappa shape index (κ1) is 36.4. The molecule has 8 aromatic carbocycles. The summed E-state index contributed by atoms with van der Waals surface area (Å²) in [6.45, 7) is 2.23. The molecule has 0 unspecified atom stereocenters. The van der Waals surface area contributed by atoms with Gasteiger partial charge < -0.3 is 4.90 Å². The molecular weight excluding hydrogens is 735 g/mol. The first-order valence-corrected chi connectivity index (χ1v) is 22.6. The quantitative estimate of drug-likeness (QED) is 0.148.